The van der Waals surface area contributed by atoms with Crippen molar-refractivity contribution in [2.75, 3.05) is 6.54 Å². The SMILES string of the molecule is CCC(CN)C(O)c1scnc1Cl. The molecule has 0 fully saturated rings. The Balaban J connectivity index is 2.77. The smallest absolute Gasteiger partial charge is 0.145 e. The summed E-state index contributed by atoms with van der Waals surface area (Å²) in [5.74, 6) is 0.0675. The van der Waals surface area contributed by atoms with Crippen molar-refractivity contribution in [1.29, 1.82) is 0 Å². The van der Waals surface area contributed by atoms with E-state index in [1.807, 2.05) is 6.92 Å². The van der Waals surface area contributed by atoms with E-state index in [0.29, 0.717) is 11.7 Å². The van der Waals surface area contributed by atoms with E-state index in [0.717, 1.165) is 11.3 Å². The second kappa shape index (κ2) is 4.91. The highest BCUT2D eigenvalue weighted by Gasteiger charge is 2.21. The summed E-state index contributed by atoms with van der Waals surface area (Å²) in [4.78, 5) is 4.59. The van der Waals surface area contributed by atoms with Gasteiger partial charge in [-0.3, -0.25) is 0 Å². The fourth-order valence-corrected chi connectivity index (χ4v) is 2.27. The molecule has 1 aromatic heterocycles. The molecule has 1 aromatic rings. The molecule has 0 amide bonds. The minimum absolute atomic E-state index is 0.0675. The third-order valence-electron chi connectivity index (χ3n) is 2.09. The third-order valence-corrected chi connectivity index (χ3v) is 3.40. The average molecular weight is 221 g/mol. The number of rotatable bonds is 4. The molecule has 74 valence electrons. The molecule has 0 spiro atoms. The fraction of sp³-hybridized carbons (Fsp3) is 0.625. The van der Waals surface area contributed by atoms with Crippen molar-refractivity contribution < 1.29 is 5.11 Å². The van der Waals surface area contributed by atoms with Gasteiger partial charge in [0, 0.05) is 5.92 Å². The first-order valence-electron chi connectivity index (χ1n) is 4.17. The molecular formula is C8H13ClN2OS. The zero-order valence-corrected chi connectivity index (χ0v) is 8.98. The molecule has 3 nitrogen and oxygen atoms in total. The number of aromatic nitrogens is 1. The molecule has 2 unspecified atom stereocenters. The molecule has 2 atom stereocenters. The lowest BCUT2D eigenvalue weighted by Crippen LogP contribution is -2.20. The standard InChI is InChI=1S/C8H13ClN2OS/c1-2-5(3-10)6(12)7-8(9)11-4-13-7/h4-6,12H,2-3,10H2,1H3. The Morgan fingerprint density at radius 1 is 1.77 bits per heavy atom. The largest absolute Gasteiger partial charge is 0.387 e. The molecule has 1 rings (SSSR count). The van der Waals surface area contributed by atoms with Crippen LogP contribution in [0.1, 0.15) is 24.3 Å². The van der Waals surface area contributed by atoms with Gasteiger partial charge in [0.2, 0.25) is 0 Å². The summed E-state index contributed by atoms with van der Waals surface area (Å²) in [7, 11) is 0. The minimum atomic E-state index is -0.574. The van der Waals surface area contributed by atoms with E-state index in [1.54, 1.807) is 5.51 Å². The Morgan fingerprint density at radius 3 is 2.85 bits per heavy atom. The van der Waals surface area contributed by atoms with Gasteiger partial charge in [-0.25, -0.2) is 4.98 Å². The lowest BCUT2D eigenvalue weighted by molar-refractivity contribution is 0.113. The Kier molecular flexibility index (Phi) is 4.12. The first-order chi connectivity index (χ1) is 6.20. The zero-order chi connectivity index (χ0) is 9.84. The van der Waals surface area contributed by atoms with Crippen molar-refractivity contribution in [1.82, 2.24) is 4.98 Å². The Bertz CT molecular complexity index is 262. The third kappa shape index (κ3) is 2.40. The van der Waals surface area contributed by atoms with Crippen molar-refractivity contribution in [2.45, 2.75) is 19.4 Å². The second-order valence-corrected chi connectivity index (χ2v) is 4.10. The molecule has 0 radical (unpaired) electrons. The maximum atomic E-state index is 9.86. The molecule has 1 heterocycles. The van der Waals surface area contributed by atoms with Gasteiger partial charge in [-0.05, 0) is 13.0 Å². The molecule has 0 aromatic carbocycles. The van der Waals surface area contributed by atoms with Crippen LogP contribution in [0, 0.1) is 5.92 Å². The summed E-state index contributed by atoms with van der Waals surface area (Å²) in [6, 6.07) is 0. The normalized spacial score (nSPS) is 15.7. The van der Waals surface area contributed by atoms with Gasteiger partial charge in [0.05, 0.1) is 16.5 Å². The predicted octanol–water partition coefficient (Wildman–Crippen LogP) is 1.81. The topological polar surface area (TPSA) is 59.1 Å². The number of hydrogen-bond acceptors (Lipinski definition) is 4. The predicted molar refractivity (Wildman–Crippen MR) is 54.9 cm³/mol. The Morgan fingerprint density at radius 2 is 2.46 bits per heavy atom. The van der Waals surface area contributed by atoms with Crippen molar-refractivity contribution in [3.05, 3.63) is 15.5 Å². The minimum Gasteiger partial charge on any atom is -0.387 e. The van der Waals surface area contributed by atoms with Crippen LogP contribution in [0.2, 0.25) is 5.15 Å². The number of thiazole rings is 1. The van der Waals surface area contributed by atoms with Crippen LogP contribution in [0.5, 0.6) is 0 Å². The molecule has 0 saturated carbocycles. The molecule has 0 aliphatic carbocycles. The molecule has 0 saturated heterocycles. The number of nitrogens with zero attached hydrogens (tertiary/aromatic N) is 1. The van der Waals surface area contributed by atoms with E-state index in [1.165, 1.54) is 11.3 Å². The van der Waals surface area contributed by atoms with Gasteiger partial charge in [-0.15, -0.1) is 11.3 Å². The lowest BCUT2D eigenvalue weighted by atomic mass is 9.99. The summed E-state index contributed by atoms with van der Waals surface area (Å²) in [5, 5.41) is 10.2. The molecule has 5 heteroatoms. The lowest BCUT2D eigenvalue weighted by Gasteiger charge is -2.18. The van der Waals surface area contributed by atoms with Crippen molar-refractivity contribution in [3.8, 4) is 0 Å². The second-order valence-electron chi connectivity index (χ2n) is 2.86. The van der Waals surface area contributed by atoms with Crippen LogP contribution in [0.25, 0.3) is 0 Å². The van der Waals surface area contributed by atoms with E-state index in [9.17, 15) is 5.11 Å². The van der Waals surface area contributed by atoms with Gasteiger partial charge in [-0.1, -0.05) is 18.5 Å². The van der Waals surface area contributed by atoms with Gasteiger partial charge in [-0.2, -0.15) is 0 Å². The van der Waals surface area contributed by atoms with Crippen LogP contribution in [-0.4, -0.2) is 16.6 Å². The molecule has 13 heavy (non-hydrogen) atoms. The van der Waals surface area contributed by atoms with Crippen LogP contribution in [0.3, 0.4) is 0 Å². The van der Waals surface area contributed by atoms with E-state index < -0.39 is 6.10 Å². The highest BCUT2D eigenvalue weighted by molar-refractivity contribution is 7.10. The van der Waals surface area contributed by atoms with Crippen molar-refractivity contribution in [3.63, 3.8) is 0 Å². The molecule has 0 bridgehead atoms. The molecule has 0 aliphatic heterocycles. The maximum Gasteiger partial charge on any atom is 0.145 e. The van der Waals surface area contributed by atoms with Gasteiger partial charge >= 0.3 is 0 Å². The van der Waals surface area contributed by atoms with Crippen LogP contribution < -0.4 is 5.73 Å². The van der Waals surface area contributed by atoms with Crippen molar-refractivity contribution in [2.24, 2.45) is 11.7 Å². The summed E-state index contributed by atoms with van der Waals surface area (Å²) >= 11 is 7.16. The van der Waals surface area contributed by atoms with Crippen LogP contribution >= 0.6 is 22.9 Å². The quantitative estimate of drug-likeness (QED) is 0.814. The number of hydrogen-bond donors (Lipinski definition) is 2. The summed E-state index contributed by atoms with van der Waals surface area (Å²) < 4.78 is 0. The number of aliphatic hydroxyl groups excluding tert-OH is 1. The Hall–Kier alpha value is -0.160. The van der Waals surface area contributed by atoms with E-state index in [-0.39, 0.29) is 5.92 Å². The van der Waals surface area contributed by atoms with Gasteiger partial charge < -0.3 is 10.8 Å². The fourth-order valence-electron chi connectivity index (χ4n) is 1.17. The van der Waals surface area contributed by atoms with Crippen molar-refractivity contribution >= 4 is 22.9 Å². The van der Waals surface area contributed by atoms with E-state index in [4.69, 9.17) is 17.3 Å². The number of nitrogens with two attached hydrogens (primary N) is 1. The highest BCUT2D eigenvalue weighted by atomic mass is 35.5. The van der Waals surface area contributed by atoms with Crippen LogP contribution in [-0.2, 0) is 0 Å². The molecule has 3 N–H and O–H groups in total. The monoisotopic (exact) mass is 220 g/mol. The van der Waals surface area contributed by atoms with E-state index >= 15 is 0 Å². The van der Waals surface area contributed by atoms with Crippen LogP contribution in [0.4, 0.5) is 0 Å². The molecule has 0 aliphatic rings. The van der Waals surface area contributed by atoms with Crippen LogP contribution in [0.15, 0.2) is 5.51 Å². The first-order valence-corrected chi connectivity index (χ1v) is 5.43. The molecular weight excluding hydrogens is 208 g/mol. The average Bonchev–Trinajstić information content (AvgIpc) is 2.53. The van der Waals surface area contributed by atoms with Gasteiger partial charge in [0.1, 0.15) is 5.15 Å². The summed E-state index contributed by atoms with van der Waals surface area (Å²) in [5.41, 5.74) is 7.15. The number of halogens is 1. The van der Waals surface area contributed by atoms with E-state index in [2.05, 4.69) is 4.98 Å². The first kappa shape index (κ1) is 10.9. The zero-order valence-electron chi connectivity index (χ0n) is 7.40. The summed E-state index contributed by atoms with van der Waals surface area (Å²) in [6.07, 6.45) is 0.265. The number of aliphatic hydroxyl groups is 1. The van der Waals surface area contributed by atoms with Gasteiger partial charge in [0.25, 0.3) is 0 Å². The highest BCUT2D eigenvalue weighted by Crippen LogP contribution is 2.31. The summed E-state index contributed by atoms with van der Waals surface area (Å²) in [6.45, 7) is 2.46. The van der Waals surface area contributed by atoms with Gasteiger partial charge in [0.15, 0.2) is 0 Å². The Labute approximate surface area is 86.6 Å². The maximum absolute atomic E-state index is 9.86.